The number of Topliss-reactive ketones (excluding diaryl/α,β-unsaturated/α-hetero) is 1. The largest absolute Gasteiger partial charge is 0.504 e. The van der Waals surface area contributed by atoms with Crippen LogP contribution in [0.5, 0.6) is 11.5 Å². The van der Waals surface area contributed by atoms with Crippen LogP contribution in [-0.2, 0) is 9.53 Å². The SMILES string of the molecule is C=CCOC(=O)c1sc(N2C(=O)C(O)=C(C(=O)c3cc4ccccc4o3)C2c2ccc(O)c(OCC)c2)nc1C. The molecule has 1 aliphatic rings. The van der Waals surface area contributed by atoms with Crippen molar-refractivity contribution in [3.8, 4) is 11.5 Å². The molecule has 5 rings (SSSR count). The number of benzene rings is 2. The van der Waals surface area contributed by atoms with Crippen LogP contribution in [0.1, 0.15) is 44.4 Å². The molecule has 11 heteroatoms. The van der Waals surface area contributed by atoms with Crippen LogP contribution >= 0.6 is 11.3 Å². The Kier molecular flexibility index (Phi) is 7.14. The summed E-state index contributed by atoms with van der Waals surface area (Å²) in [6.07, 6.45) is 1.42. The molecule has 0 aliphatic carbocycles. The smallest absolute Gasteiger partial charge is 0.350 e. The van der Waals surface area contributed by atoms with Crippen LogP contribution < -0.4 is 9.64 Å². The van der Waals surface area contributed by atoms with Crippen molar-refractivity contribution in [2.24, 2.45) is 0 Å². The minimum absolute atomic E-state index is 0.0109. The van der Waals surface area contributed by atoms with Gasteiger partial charge < -0.3 is 24.1 Å². The lowest BCUT2D eigenvalue weighted by molar-refractivity contribution is -0.117. The number of amides is 1. The Bertz CT molecular complexity index is 1670. The molecule has 2 aromatic heterocycles. The van der Waals surface area contributed by atoms with Gasteiger partial charge >= 0.3 is 5.97 Å². The van der Waals surface area contributed by atoms with E-state index in [0.29, 0.717) is 22.2 Å². The first kappa shape index (κ1) is 26.7. The summed E-state index contributed by atoms with van der Waals surface area (Å²) in [7, 11) is 0. The van der Waals surface area contributed by atoms with Crippen molar-refractivity contribution in [3.05, 3.63) is 94.4 Å². The number of fused-ring (bicyclic) bond motifs is 1. The molecule has 0 saturated heterocycles. The molecule has 0 fully saturated rings. The summed E-state index contributed by atoms with van der Waals surface area (Å²) in [5.41, 5.74) is 0.866. The van der Waals surface area contributed by atoms with Gasteiger partial charge in [-0.25, -0.2) is 9.78 Å². The highest BCUT2D eigenvalue weighted by atomic mass is 32.1. The van der Waals surface area contributed by atoms with E-state index in [-0.39, 0.29) is 46.1 Å². The predicted octanol–water partition coefficient (Wildman–Crippen LogP) is 5.43. The molecule has 1 aliphatic heterocycles. The highest BCUT2D eigenvalue weighted by molar-refractivity contribution is 7.17. The van der Waals surface area contributed by atoms with Gasteiger partial charge in [0.25, 0.3) is 5.91 Å². The van der Waals surface area contributed by atoms with E-state index in [4.69, 9.17) is 13.9 Å². The molecule has 0 spiro atoms. The molecule has 1 unspecified atom stereocenters. The quantitative estimate of drug-likeness (QED) is 0.156. The molecule has 0 bridgehead atoms. The first-order valence-corrected chi connectivity index (χ1v) is 13.1. The number of aryl methyl sites for hydroxylation is 1. The average molecular weight is 561 g/mol. The lowest BCUT2D eigenvalue weighted by Crippen LogP contribution is -2.31. The number of aliphatic hydroxyl groups is 1. The monoisotopic (exact) mass is 560 g/mol. The summed E-state index contributed by atoms with van der Waals surface area (Å²) in [6, 6.07) is 11.7. The van der Waals surface area contributed by atoms with E-state index in [0.717, 1.165) is 16.2 Å². The number of phenolic OH excluding ortho intramolecular Hbond substituents is 1. The fourth-order valence-corrected chi connectivity index (χ4v) is 5.41. The molecule has 0 saturated carbocycles. The number of anilines is 1. The first-order chi connectivity index (χ1) is 19.2. The molecule has 1 atom stereocenters. The van der Waals surface area contributed by atoms with Gasteiger partial charge in [-0.1, -0.05) is 48.3 Å². The van der Waals surface area contributed by atoms with Gasteiger partial charge in [0.15, 0.2) is 28.1 Å². The van der Waals surface area contributed by atoms with Gasteiger partial charge in [-0.05, 0) is 43.7 Å². The summed E-state index contributed by atoms with van der Waals surface area (Å²) in [5.74, 6) is -3.13. The number of thiazole rings is 1. The Morgan fingerprint density at radius 3 is 2.70 bits per heavy atom. The third kappa shape index (κ3) is 4.60. The molecule has 204 valence electrons. The standard InChI is InChI=1S/C29H24N2O8S/c1-4-12-38-28(36)26-15(3)30-29(40-26)31-23(17-10-11-18(32)20(14-17)37-5-2)22(25(34)27(31)35)24(33)21-13-16-8-6-7-9-19(16)39-21/h4,6-11,13-14,23,32,34H,1,5,12H2,2-3H3. The molecule has 0 radical (unpaired) electrons. The molecule has 3 heterocycles. The molecule has 1 amide bonds. The maximum absolute atomic E-state index is 13.8. The number of para-hydroxylation sites is 1. The molecule has 2 N–H and O–H groups in total. The highest BCUT2D eigenvalue weighted by Crippen LogP contribution is 2.45. The third-order valence-electron chi connectivity index (χ3n) is 6.21. The average Bonchev–Trinajstić information content (AvgIpc) is 3.62. The zero-order valence-corrected chi connectivity index (χ0v) is 22.4. The van der Waals surface area contributed by atoms with Crippen LogP contribution in [0.25, 0.3) is 11.0 Å². The topological polar surface area (TPSA) is 139 Å². The van der Waals surface area contributed by atoms with Gasteiger partial charge in [0.1, 0.15) is 17.1 Å². The number of carbonyl (C=O) groups is 3. The Morgan fingerprint density at radius 2 is 1.98 bits per heavy atom. The van der Waals surface area contributed by atoms with Crippen molar-refractivity contribution in [1.29, 1.82) is 0 Å². The molecular weight excluding hydrogens is 536 g/mol. The minimum atomic E-state index is -1.18. The zero-order chi connectivity index (χ0) is 28.6. The normalized spacial score (nSPS) is 15.1. The van der Waals surface area contributed by atoms with Crippen LogP contribution in [0.3, 0.4) is 0 Å². The number of aromatic hydroxyl groups is 1. The van der Waals surface area contributed by atoms with Crippen molar-refractivity contribution in [2.45, 2.75) is 19.9 Å². The highest BCUT2D eigenvalue weighted by Gasteiger charge is 2.47. The number of rotatable bonds is 9. The Morgan fingerprint density at radius 1 is 1.20 bits per heavy atom. The van der Waals surface area contributed by atoms with Crippen molar-refractivity contribution in [1.82, 2.24) is 4.98 Å². The first-order valence-electron chi connectivity index (χ1n) is 12.3. The second-order valence-corrected chi connectivity index (χ2v) is 9.75. The third-order valence-corrected chi connectivity index (χ3v) is 7.35. The van der Waals surface area contributed by atoms with Crippen molar-refractivity contribution in [3.63, 3.8) is 0 Å². The van der Waals surface area contributed by atoms with Gasteiger partial charge in [0.05, 0.1) is 23.9 Å². The van der Waals surface area contributed by atoms with Gasteiger partial charge in [0.2, 0.25) is 5.78 Å². The van der Waals surface area contributed by atoms with Crippen molar-refractivity contribution >= 4 is 45.1 Å². The van der Waals surface area contributed by atoms with Gasteiger partial charge in [-0.15, -0.1) is 0 Å². The number of ether oxygens (including phenoxy) is 2. The molecule has 2 aromatic carbocycles. The van der Waals surface area contributed by atoms with E-state index in [9.17, 15) is 24.6 Å². The van der Waals surface area contributed by atoms with E-state index in [1.165, 1.54) is 30.3 Å². The number of aromatic nitrogens is 1. The molecular formula is C29H24N2O8S. The van der Waals surface area contributed by atoms with E-state index in [1.54, 1.807) is 38.1 Å². The number of furan rings is 1. The molecule has 10 nitrogen and oxygen atoms in total. The van der Waals surface area contributed by atoms with Crippen LogP contribution in [0.15, 0.2) is 76.9 Å². The summed E-state index contributed by atoms with van der Waals surface area (Å²) in [5, 5.41) is 22.1. The van der Waals surface area contributed by atoms with Crippen LogP contribution in [0, 0.1) is 6.92 Å². The molecule has 40 heavy (non-hydrogen) atoms. The van der Waals surface area contributed by atoms with Crippen LogP contribution in [0.2, 0.25) is 0 Å². The number of hydrogen-bond donors (Lipinski definition) is 2. The van der Waals surface area contributed by atoms with Crippen molar-refractivity contribution < 1.29 is 38.5 Å². The van der Waals surface area contributed by atoms with Gasteiger partial charge in [-0.3, -0.25) is 14.5 Å². The van der Waals surface area contributed by atoms with Gasteiger partial charge in [-0.2, -0.15) is 0 Å². The summed E-state index contributed by atoms with van der Waals surface area (Å²) in [6.45, 7) is 7.09. The van der Waals surface area contributed by atoms with E-state index in [1.807, 2.05) is 0 Å². The summed E-state index contributed by atoms with van der Waals surface area (Å²) >= 11 is 0.882. The lowest BCUT2D eigenvalue weighted by atomic mass is 9.95. The second kappa shape index (κ2) is 10.7. The predicted molar refractivity (Wildman–Crippen MR) is 147 cm³/mol. The number of phenols is 1. The van der Waals surface area contributed by atoms with E-state index in [2.05, 4.69) is 11.6 Å². The number of hydrogen-bond acceptors (Lipinski definition) is 10. The maximum atomic E-state index is 13.8. The number of esters is 1. The zero-order valence-electron chi connectivity index (χ0n) is 21.5. The second-order valence-electron chi connectivity index (χ2n) is 8.78. The van der Waals surface area contributed by atoms with Crippen molar-refractivity contribution in [2.75, 3.05) is 18.1 Å². The number of ketones is 1. The number of aliphatic hydroxyl groups excluding tert-OH is 1. The Hall–Kier alpha value is -4.90. The van der Waals surface area contributed by atoms with E-state index < -0.39 is 29.5 Å². The van der Waals surface area contributed by atoms with Crippen LogP contribution in [-0.4, -0.2) is 46.1 Å². The number of carbonyl (C=O) groups excluding carboxylic acids is 3. The van der Waals surface area contributed by atoms with E-state index >= 15 is 0 Å². The minimum Gasteiger partial charge on any atom is -0.504 e. The fourth-order valence-electron chi connectivity index (χ4n) is 4.42. The Balaban J connectivity index is 1.65. The van der Waals surface area contributed by atoms with Gasteiger partial charge in [0, 0.05) is 5.39 Å². The lowest BCUT2D eigenvalue weighted by Gasteiger charge is -2.24. The Labute approximate surface area is 232 Å². The molecule has 4 aromatic rings. The fraction of sp³-hybridized carbons (Fsp3) is 0.172. The van der Waals surface area contributed by atoms with Crippen LogP contribution in [0.4, 0.5) is 5.13 Å². The summed E-state index contributed by atoms with van der Waals surface area (Å²) < 4.78 is 16.4. The maximum Gasteiger partial charge on any atom is 0.350 e. The summed E-state index contributed by atoms with van der Waals surface area (Å²) in [4.78, 5) is 45.6. The number of nitrogens with zero attached hydrogens (tertiary/aromatic N) is 2.